The number of hydrogen-bond acceptors (Lipinski definition) is 3. The van der Waals surface area contributed by atoms with Gasteiger partial charge in [0.15, 0.2) is 17.4 Å². The van der Waals surface area contributed by atoms with E-state index in [1.165, 1.54) is 25.4 Å². The Morgan fingerprint density at radius 1 is 1.11 bits per heavy atom. The standard InChI is InChI=1S/C12H8ClF2NO2/c1-17-8-4-9(14)12(10(15)5-8)18-7-2-3-16-11(13)6-7/h2-6H,1H3. The molecule has 3 nitrogen and oxygen atoms in total. The Kier molecular flexibility index (Phi) is 3.62. The number of nitrogens with zero attached hydrogens (tertiary/aromatic N) is 1. The Balaban J connectivity index is 2.35. The summed E-state index contributed by atoms with van der Waals surface area (Å²) in [5.74, 6) is -1.97. The lowest BCUT2D eigenvalue weighted by atomic mass is 10.3. The van der Waals surface area contributed by atoms with Crippen molar-refractivity contribution in [2.45, 2.75) is 0 Å². The first kappa shape index (κ1) is 12.6. The molecule has 1 aromatic carbocycles. The van der Waals surface area contributed by atoms with E-state index in [0.29, 0.717) is 0 Å². The lowest BCUT2D eigenvalue weighted by molar-refractivity contribution is 0.382. The van der Waals surface area contributed by atoms with Gasteiger partial charge < -0.3 is 9.47 Å². The van der Waals surface area contributed by atoms with E-state index < -0.39 is 17.4 Å². The number of halogens is 3. The lowest BCUT2D eigenvalue weighted by Gasteiger charge is -2.09. The third kappa shape index (κ3) is 2.68. The van der Waals surface area contributed by atoms with Gasteiger partial charge in [-0.05, 0) is 6.07 Å². The first-order valence-corrected chi connectivity index (χ1v) is 5.30. The fourth-order valence-corrected chi connectivity index (χ4v) is 1.48. The van der Waals surface area contributed by atoms with E-state index in [9.17, 15) is 8.78 Å². The molecule has 2 aromatic rings. The van der Waals surface area contributed by atoms with Crippen LogP contribution < -0.4 is 9.47 Å². The third-order valence-electron chi connectivity index (χ3n) is 2.13. The van der Waals surface area contributed by atoms with Crippen molar-refractivity contribution >= 4 is 11.6 Å². The van der Waals surface area contributed by atoms with E-state index in [4.69, 9.17) is 21.1 Å². The van der Waals surface area contributed by atoms with Gasteiger partial charge in [-0.15, -0.1) is 0 Å². The minimum absolute atomic E-state index is 0.0742. The fraction of sp³-hybridized carbons (Fsp3) is 0.0833. The molecule has 0 amide bonds. The van der Waals surface area contributed by atoms with E-state index in [1.54, 1.807) is 0 Å². The van der Waals surface area contributed by atoms with Crippen molar-refractivity contribution < 1.29 is 18.3 Å². The van der Waals surface area contributed by atoms with Crippen LogP contribution in [0.1, 0.15) is 0 Å². The highest BCUT2D eigenvalue weighted by atomic mass is 35.5. The molecule has 94 valence electrons. The second kappa shape index (κ2) is 5.18. The zero-order valence-electron chi connectivity index (χ0n) is 9.28. The van der Waals surface area contributed by atoms with Gasteiger partial charge in [0.05, 0.1) is 7.11 Å². The molecular formula is C12H8ClF2NO2. The number of benzene rings is 1. The average Bonchev–Trinajstić information content (AvgIpc) is 2.33. The lowest BCUT2D eigenvalue weighted by Crippen LogP contribution is -1.95. The minimum Gasteiger partial charge on any atom is -0.497 e. The summed E-state index contributed by atoms with van der Waals surface area (Å²) < 4.78 is 37.0. The van der Waals surface area contributed by atoms with Crippen LogP contribution in [0.5, 0.6) is 17.2 Å². The van der Waals surface area contributed by atoms with Gasteiger partial charge in [-0.2, -0.15) is 0 Å². The Labute approximate surface area is 107 Å². The molecule has 1 heterocycles. The monoisotopic (exact) mass is 271 g/mol. The molecule has 18 heavy (non-hydrogen) atoms. The maximum atomic E-state index is 13.6. The van der Waals surface area contributed by atoms with Crippen molar-refractivity contribution in [3.8, 4) is 17.2 Å². The van der Waals surface area contributed by atoms with Gasteiger partial charge in [0.25, 0.3) is 0 Å². The predicted octanol–water partition coefficient (Wildman–Crippen LogP) is 3.81. The van der Waals surface area contributed by atoms with Crippen LogP contribution in [0.15, 0.2) is 30.5 Å². The van der Waals surface area contributed by atoms with E-state index >= 15 is 0 Å². The van der Waals surface area contributed by atoms with E-state index in [0.717, 1.165) is 12.1 Å². The Bertz CT molecular complexity index is 555. The van der Waals surface area contributed by atoms with Crippen LogP contribution in [0.4, 0.5) is 8.78 Å². The summed E-state index contributed by atoms with van der Waals surface area (Å²) in [4.78, 5) is 3.73. The third-order valence-corrected chi connectivity index (χ3v) is 2.33. The summed E-state index contributed by atoms with van der Waals surface area (Å²) in [6.07, 6.45) is 1.37. The topological polar surface area (TPSA) is 31.4 Å². The molecule has 0 saturated carbocycles. The van der Waals surface area contributed by atoms with Gasteiger partial charge in [0.2, 0.25) is 0 Å². The van der Waals surface area contributed by atoms with Gasteiger partial charge >= 0.3 is 0 Å². The van der Waals surface area contributed by atoms with E-state index in [-0.39, 0.29) is 16.7 Å². The Morgan fingerprint density at radius 3 is 2.33 bits per heavy atom. The van der Waals surface area contributed by atoms with Crippen LogP contribution in [0.2, 0.25) is 5.15 Å². The van der Waals surface area contributed by atoms with Crippen LogP contribution >= 0.6 is 11.6 Å². The maximum absolute atomic E-state index is 13.6. The second-order valence-electron chi connectivity index (χ2n) is 3.34. The van der Waals surface area contributed by atoms with Gasteiger partial charge in [-0.1, -0.05) is 11.6 Å². The number of hydrogen-bond donors (Lipinski definition) is 0. The van der Waals surface area contributed by atoms with Gasteiger partial charge in [-0.3, -0.25) is 0 Å². The summed E-state index contributed by atoms with van der Waals surface area (Å²) in [5.41, 5.74) is 0. The van der Waals surface area contributed by atoms with Crippen molar-refractivity contribution in [1.82, 2.24) is 4.98 Å². The smallest absolute Gasteiger partial charge is 0.198 e. The molecule has 6 heteroatoms. The first-order valence-electron chi connectivity index (χ1n) is 4.92. The van der Waals surface area contributed by atoms with Crippen LogP contribution in [-0.2, 0) is 0 Å². The molecule has 0 N–H and O–H groups in total. The van der Waals surface area contributed by atoms with E-state index in [2.05, 4.69) is 4.98 Å². The van der Waals surface area contributed by atoms with Crippen LogP contribution in [0.3, 0.4) is 0 Å². The van der Waals surface area contributed by atoms with Gasteiger partial charge in [-0.25, -0.2) is 13.8 Å². The van der Waals surface area contributed by atoms with Crippen LogP contribution in [-0.4, -0.2) is 12.1 Å². The normalized spacial score (nSPS) is 10.2. The highest BCUT2D eigenvalue weighted by Crippen LogP contribution is 2.31. The van der Waals surface area contributed by atoms with Gasteiger partial charge in [0, 0.05) is 24.4 Å². The fourth-order valence-electron chi connectivity index (χ4n) is 1.32. The van der Waals surface area contributed by atoms with Gasteiger partial charge in [0.1, 0.15) is 16.7 Å². The molecule has 0 aliphatic carbocycles. The molecule has 1 aromatic heterocycles. The molecule has 0 bridgehead atoms. The SMILES string of the molecule is COc1cc(F)c(Oc2ccnc(Cl)c2)c(F)c1. The summed E-state index contributed by atoms with van der Waals surface area (Å²) in [6.45, 7) is 0. The summed E-state index contributed by atoms with van der Waals surface area (Å²) in [6, 6.07) is 4.85. The molecule has 0 saturated heterocycles. The van der Waals surface area contributed by atoms with Crippen LogP contribution in [0.25, 0.3) is 0 Å². The molecule has 0 spiro atoms. The van der Waals surface area contributed by atoms with Crippen molar-refractivity contribution in [3.63, 3.8) is 0 Å². The highest BCUT2D eigenvalue weighted by Gasteiger charge is 2.14. The zero-order chi connectivity index (χ0) is 13.1. The Hall–Kier alpha value is -1.88. The molecule has 0 aliphatic rings. The van der Waals surface area contributed by atoms with Crippen LogP contribution in [0, 0.1) is 11.6 Å². The molecule has 0 radical (unpaired) electrons. The predicted molar refractivity (Wildman–Crippen MR) is 62.2 cm³/mol. The van der Waals surface area contributed by atoms with Crippen molar-refractivity contribution in [1.29, 1.82) is 0 Å². The van der Waals surface area contributed by atoms with Crippen molar-refractivity contribution in [3.05, 3.63) is 47.2 Å². The van der Waals surface area contributed by atoms with Crippen molar-refractivity contribution in [2.24, 2.45) is 0 Å². The number of pyridine rings is 1. The Morgan fingerprint density at radius 2 is 1.78 bits per heavy atom. The largest absolute Gasteiger partial charge is 0.497 e. The average molecular weight is 272 g/mol. The number of methoxy groups -OCH3 is 1. The number of ether oxygens (including phenoxy) is 2. The quantitative estimate of drug-likeness (QED) is 0.796. The highest BCUT2D eigenvalue weighted by molar-refractivity contribution is 6.29. The second-order valence-corrected chi connectivity index (χ2v) is 3.72. The molecule has 0 aliphatic heterocycles. The van der Waals surface area contributed by atoms with E-state index in [1.807, 2.05) is 0 Å². The molecule has 0 fully saturated rings. The summed E-state index contributed by atoms with van der Waals surface area (Å²) in [7, 11) is 1.32. The molecular weight excluding hydrogens is 264 g/mol. The first-order chi connectivity index (χ1) is 8.60. The van der Waals surface area contributed by atoms with Crippen molar-refractivity contribution in [2.75, 3.05) is 7.11 Å². The summed E-state index contributed by atoms with van der Waals surface area (Å²) >= 11 is 5.64. The molecule has 0 unspecified atom stereocenters. The number of rotatable bonds is 3. The molecule has 2 rings (SSSR count). The summed E-state index contributed by atoms with van der Waals surface area (Å²) in [5, 5.41) is 0.168. The maximum Gasteiger partial charge on any atom is 0.198 e. The zero-order valence-corrected chi connectivity index (χ0v) is 10.0. The minimum atomic E-state index is -0.861. The number of aromatic nitrogens is 1. The molecule has 0 atom stereocenters.